The van der Waals surface area contributed by atoms with E-state index >= 15 is 0 Å². The number of rotatable bonds is 2. The van der Waals surface area contributed by atoms with Crippen LogP contribution in [-0.2, 0) is 0 Å². The molecule has 1 aliphatic heterocycles. The summed E-state index contributed by atoms with van der Waals surface area (Å²) in [4.78, 5) is 4.85. The Morgan fingerprint density at radius 2 is 1.11 bits per heavy atom. The molecule has 92 valence electrons. The molecule has 0 aromatic heterocycles. The van der Waals surface area contributed by atoms with Crippen molar-refractivity contribution in [1.29, 1.82) is 0 Å². The zero-order chi connectivity index (χ0) is 12.4. The summed E-state index contributed by atoms with van der Waals surface area (Å²) in [5.74, 6) is 0. The summed E-state index contributed by atoms with van der Waals surface area (Å²) in [5.41, 5.74) is 2.59. The van der Waals surface area contributed by atoms with Crippen LogP contribution in [0.2, 0.25) is 0 Å². The zero-order valence-electron chi connectivity index (χ0n) is 10.1. The maximum atomic E-state index is 2.78. The molecule has 18 heavy (non-hydrogen) atoms. The molecule has 1 aliphatic rings. The van der Waals surface area contributed by atoms with Crippen molar-refractivity contribution >= 4 is 27.4 Å². The second kappa shape index (κ2) is 5.05. The molecule has 0 bridgehead atoms. The van der Waals surface area contributed by atoms with E-state index in [9.17, 15) is 0 Å². The molecule has 3 rings (SSSR count). The van der Waals surface area contributed by atoms with Crippen LogP contribution in [-0.4, -0.2) is 34.2 Å². The van der Waals surface area contributed by atoms with E-state index in [1.807, 2.05) is 0 Å². The van der Waals surface area contributed by atoms with Crippen molar-refractivity contribution in [3.8, 4) is 0 Å². The molecular weight excluding hydrogens is 287 g/mol. The van der Waals surface area contributed by atoms with Crippen LogP contribution in [0.25, 0.3) is 0 Å². The molecule has 1 saturated heterocycles. The molecule has 2 aromatic carbocycles. The van der Waals surface area contributed by atoms with Crippen LogP contribution in [0.5, 0.6) is 0 Å². The third-order valence-electron chi connectivity index (χ3n) is 3.32. The Labute approximate surface area is 116 Å². The molecule has 1 heterocycles. The molecule has 0 spiro atoms. The Balaban J connectivity index is 1.83. The number of anilines is 2. The molecule has 2 aromatic rings. The zero-order valence-corrected chi connectivity index (χ0v) is 12.0. The molecule has 3 heteroatoms. The van der Waals surface area contributed by atoms with Crippen LogP contribution in [0.3, 0.4) is 0 Å². The Morgan fingerprint density at radius 3 is 1.50 bits per heavy atom. The first kappa shape index (κ1) is 11.6. The maximum absolute atomic E-state index is 2.78. The van der Waals surface area contributed by atoms with Gasteiger partial charge in [-0.2, -0.15) is 0 Å². The van der Waals surface area contributed by atoms with Gasteiger partial charge in [0.15, 0.2) is 0 Å². The number of para-hydroxylation sites is 2. The summed E-state index contributed by atoms with van der Waals surface area (Å²) in [6.45, 7) is 2.14. The van der Waals surface area contributed by atoms with Crippen LogP contribution >= 0.6 is 0 Å². The van der Waals surface area contributed by atoms with Crippen molar-refractivity contribution in [2.24, 2.45) is 0 Å². The second-order valence-corrected chi connectivity index (χ2v) is 5.37. The van der Waals surface area contributed by atoms with E-state index < -0.39 is 0 Å². The van der Waals surface area contributed by atoms with Gasteiger partial charge in [-0.1, -0.05) is 0 Å². The van der Waals surface area contributed by atoms with Crippen LogP contribution in [0.4, 0.5) is 11.4 Å². The van der Waals surface area contributed by atoms with E-state index in [0.717, 1.165) is 13.1 Å². The van der Waals surface area contributed by atoms with Crippen molar-refractivity contribution in [3.63, 3.8) is 0 Å². The quantitative estimate of drug-likeness (QED) is 0.785. The summed E-state index contributed by atoms with van der Waals surface area (Å²) in [7, 11) is 0. The molecule has 0 saturated carbocycles. The minimum atomic E-state index is 0.349. The van der Waals surface area contributed by atoms with E-state index in [-0.39, 0.29) is 0 Å². The van der Waals surface area contributed by atoms with Crippen LogP contribution in [0.15, 0.2) is 60.7 Å². The van der Waals surface area contributed by atoms with Crippen molar-refractivity contribution in [2.45, 2.75) is 5.06 Å². The fraction of sp³-hybridized carbons (Fsp3) is 0.200. The van der Waals surface area contributed by atoms with Gasteiger partial charge in [0.25, 0.3) is 0 Å². The molecule has 1 fully saturated rings. The van der Waals surface area contributed by atoms with Crippen molar-refractivity contribution in [1.82, 2.24) is 0 Å². The van der Waals surface area contributed by atoms with Crippen molar-refractivity contribution in [2.75, 3.05) is 22.9 Å². The van der Waals surface area contributed by atoms with E-state index in [1.54, 1.807) is 0 Å². The Kier molecular flexibility index (Phi) is 3.26. The number of nitrogens with zero attached hydrogens (tertiary/aromatic N) is 2. The fourth-order valence-corrected chi connectivity index (χ4v) is 3.42. The van der Waals surface area contributed by atoms with Gasteiger partial charge in [0.1, 0.15) is 0 Å². The SMILES string of the molecule is [SeH]C1N(c2ccccc2)CCN1c1ccccc1. The first-order valence-corrected chi connectivity index (χ1v) is 7.26. The average molecular weight is 303 g/mol. The predicted octanol–water partition coefficient (Wildman–Crippen LogP) is 2.20. The van der Waals surface area contributed by atoms with Gasteiger partial charge in [-0.3, -0.25) is 0 Å². The monoisotopic (exact) mass is 304 g/mol. The summed E-state index contributed by atoms with van der Waals surface area (Å²) < 4.78 is 0. The summed E-state index contributed by atoms with van der Waals surface area (Å²) in [6, 6.07) is 21.2. The predicted molar refractivity (Wildman–Crippen MR) is 78.5 cm³/mol. The standard InChI is InChI=1S/C15H16N2Se/c18-15-16(13-7-3-1-4-8-13)11-12-17(15)14-9-5-2-6-10-14/h1-10,15,18H,11-12H2. The number of hydrogen-bond acceptors (Lipinski definition) is 2. The van der Waals surface area contributed by atoms with Gasteiger partial charge in [0.05, 0.1) is 0 Å². The number of benzene rings is 2. The van der Waals surface area contributed by atoms with Gasteiger partial charge in [-0.05, 0) is 0 Å². The topological polar surface area (TPSA) is 6.48 Å². The Hall–Kier alpha value is -1.44. The third kappa shape index (κ3) is 2.12. The van der Waals surface area contributed by atoms with Gasteiger partial charge >= 0.3 is 116 Å². The number of hydrogen-bond donors (Lipinski definition) is 0. The second-order valence-electron chi connectivity index (χ2n) is 4.40. The van der Waals surface area contributed by atoms with Gasteiger partial charge in [0, 0.05) is 0 Å². The normalized spacial score (nSPS) is 16.3. The fourth-order valence-electron chi connectivity index (χ4n) is 2.38. The van der Waals surface area contributed by atoms with Crippen LogP contribution in [0.1, 0.15) is 0 Å². The molecule has 0 atom stereocenters. The molecule has 0 unspecified atom stereocenters. The molecule has 0 amide bonds. The third-order valence-corrected chi connectivity index (χ3v) is 4.48. The van der Waals surface area contributed by atoms with E-state index in [2.05, 4.69) is 86.5 Å². The van der Waals surface area contributed by atoms with E-state index in [0.29, 0.717) is 5.06 Å². The molecule has 0 radical (unpaired) electrons. The minimum absolute atomic E-state index is 0.349. The van der Waals surface area contributed by atoms with Crippen molar-refractivity contribution in [3.05, 3.63) is 60.7 Å². The molecule has 0 N–H and O–H groups in total. The Morgan fingerprint density at radius 1 is 0.722 bits per heavy atom. The van der Waals surface area contributed by atoms with Crippen molar-refractivity contribution < 1.29 is 0 Å². The van der Waals surface area contributed by atoms with E-state index in [1.165, 1.54) is 11.4 Å². The van der Waals surface area contributed by atoms with Gasteiger partial charge in [-0.25, -0.2) is 0 Å². The summed E-state index contributed by atoms with van der Waals surface area (Å²) >= 11 is 2.78. The first-order chi connectivity index (χ1) is 8.86. The summed E-state index contributed by atoms with van der Waals surface area (Å²) in [5, 5.41) is 0.349. The van der Waals surface area contributed by atoms with E-state index in [4.69, 9.17) is 0 Å². The molecule has 2 nitrogen and oxygen atoms in total. The van der Waals surface area contributed by atoms with Gasteiger partial charge < -0.3 is 0 Å². The van der Waals surface area contributed by atoms with Crippen LogP contribution in [0, 0.1) is 0 Å². The van der Waals surface area contributed by atoms with Gasteiger partial charge in [-0.15, -0.1) is 0 Å². The Bertz CT molecular complexity index is 453. The first-order valence-electron chi connectivity index (χ1n) is 6.18. The average Bonchev–Trinajstić information content (AvgIpc) is 2.83. The molecular formula is C15H16N2Se. The van der Waals surface area contributed by atoms with Gasteiger partial charge in [0.2, 0.25) is 0 Å². The summed E-state index contributed by atoms with van der Waals surface area (Å²) in [6.07, 6.45) is 0. The molecule has 0 aliphatic carbocycles. The van der Waals surface area contributed by atoms with Crippen LogP contribution < -0.4 is 9.80 Å².